The monoisotopic (exact) mass is 458 g/mol. The zero-order chi connectivity index (χ0) is 22.8. The van der Waals surface area contributed by atoms with Crippen LogP contribution in [0.15, 0.2) is 70.6 Å². The standard InChI is InChI=1S/C25H22N4O3S/c1-16-7-9-17(10-8-16)14-26-24(31)19-13-22(30)29(15-19)20-5-2-4-18(12-20)23-27-25(32-28-23)21-6-3-11-33-21/h2-12,19H,13-15H2,1H3,(H,26,31)/t19-/m1/s1. The van der Waals surface area contributed by atoms with Crippen LogP contribution in [0.4, 0.5) is 5.69 Å². The molecular formula is C25H22N4O3S. The normalized spacial score (nSPS) is 15.7. The van der Waals surface area contributed by atoms with Gasteiger partial charge in [0.15, 0.2) is 0 Å². The molecule has 2 amide bonds. The maximum atomic E-state index is 12.7. The zero-order valence-corrected chi connectivity index (χ0v) is 18.8. The van der Waals surface area contributed by atoms with Crippen LogP contribution in [0.3, 0.4) is 0 Å². The summed E-state index contributed by atoms with van der Waals surface area (Å²) in [4.78, 5) is 32.4. The Kier molecular flexibility index (Phi) is 5.75. The first kappa shape index (κ1) is 21.1. The zero-order valence-electron chi connectivity index (χ0n) is 18.0. The molecule has 2 aromatic heterocycles. The van der Waals surface area contributed by atoms with Crippen LogP contribution in [-0.2, 0) is 16.1 Å². The maximum absolute atomic E-state index is 12.7. The molecular weight excluding hydrogens is 436 g/mol. The van der Waals surface area contributed by atoms with E-state index in [4.69, 9.17) is 4.52 Å². The van der Waals surface area contributed by atoms with Crippen molar-refractivity contribution in [1.82, 2.24) is 15.5 Å². The number of aromatic nitrogens is 2. The predicted molar refractivity (Wildman–Crippen MR) is 127 cm³/mol. The van der Waals surface area contributed by atoms with E-state index >= 15 is 0 Å². The van der Waals surface area contributed by atoms with Crippen LogP contribution in [0.5, 0.6) is 0 Å². The van der Waals surface area contributed by atoms with Crippen molar-refractivity contribution in [3.63, 3.8) is 0 Å². The number of anilines is 1. The van der Waals surface area contributed by atoms with Gasteiger partial charge in [-0.15, -0.1) is 11.3 Å². The second-order valence-electron chi connectivity index (χ2n) is 8.06. The fraction of sp³-hybridized carbons (Fsp3) is 0.200. The Morgan fingerprint density at radius 3 is 2.82 bits per heavy atom. The Bertz CT molecular complexity index is 1280. The third-order valence-electron chi connectivity index (χ3n) is 5.66. The number of hydrogen-bond donors (Lipinski definition) is 1. The number of rotatable bonds is 6. The second kappa shape index (κ2) is 8.99. The summed E-state index contributed by atoms with van der Waals surface area (Å²) in [7, 11) is 0. The summed E-state index contributed by atoms with van der Waals surface area (Å²) in [5.41, 5.74) is 3.67. The molecule has 33 heavy (non-hydrogen) atoms. The van der Waals surface area contributed by atoms with E-state index in [-0.39, 0.29) is 24.2 Å². The van der Waals surface area contributed by atoms with Gasteiger partial charge in [-0.2, -0.15) is 4.98 Å². The van der Waals surface area contributed by atoms with Crippen molar-refractivity contribution in [3.05, 3.63) is 77.2 Å². The summed E-state index contributed by atoms with van der Waals surface area (Å²) in [6.07, 6.45) is 0.189. The van der Waals surface area contributed by atoms with E-state index in [1.165, 1.54) is 16.9 Å². The summed E-state index contributed by atoms with van der Waals surface area (Å²) in [6, 6.07) is 19.3. The van der Waals surface area contributed by atoms with Crippen LogP contribution in [0.1, 0.15) is 17.5 Å². The Balaban J connectivity index is 1.26. The minimum Gasteiger partial charge on any atom is -0.352 e. The summed E-state index contributed by atoms with van der Waals surface area (Å²) >= 11 is 1.53. The van der Waals surface area contributed by atoms with Gasteiger partial charge in [-0.1, -0.05) is 53.2 Å². The number of nitrogens with one attached hydrogen (secondary N) is 1. The van der Waals surface area contributed by atoms with Crippen LogP contribution < -0.4 is 10.2 Å². The minimum atomic E-state index is -0.387. The van der Waals surface area contributed by atoms with E-state index in [1.807, 2.05) is 73.0 Å². The van der Waals surface area contributed by atoms with Gasteiger partial charge in [0.1, 0.15) is 0 Å². The lowest BCUT2D eigenvalue weighted by molar-refractivity contribution is -0.126. The Morgan fingerprint density at radius 2 is 2.03 bits per heavy atom. The molecule has 0 saturated carbocycles. The highest BCUT2D eigenvalue weighted by Gasteiger charge is 2.35. The van der Waals surface area contributed by atoms with Crippen molar-refractivity contribution in [1.29, 1.82) is 0 Å². The summed E-state index contributed by atoms with van der Waals surface area (Å²) in [5.74, 6) is 0.353. The van der Waals surface area contributed by atoms with E-state index in [2.05, 4.69) is 15.5 Å². The van der Waals surface area contributed by atoms with Gasteiger partial charge in [-0.05, 0) is 36.1 Å². The minimum absolute atomic E-state index is 0.0741. The number of hydrogen-bond acceptors (Lipinski definition) is 6. The number of amides is 2. The molecule has 1 aliphatic heterocycles. The summed E-state index contributed by atoms with van der Waals surface area (Å²) in [5, 5.41) is 8.99. The molecule has 0 unspecified atom stereocenters. The molecule has 1 saturated heterocycles. The third kappa shape index (κ3) is 4.56. The van der Waals surface area contributed by atoms with Gasteiger partial charge in [-0.25, -0.2) is 0 Å². The lowest BCUT2D eigenvalue weighted by Gasteiger charge is -2.17. The first-order valence-electron chi connectivity index (χ1n) is 10.7. The largest absolute Gasteiger partial charge is 0.352 e. The number of nitrogens with zero attached hydrogens (tertiary/aromatic N) is 3. The Labute approximate surface area is 195 Å². The average Bonchev–Trinajstić information content (AvgIpc) is 3.59. The lowest BCUT2D eigenvalue weighted by Crippen LogP contribution is -2.32. The van der Waals surface area contributed by atoms with Crippen LogP contribution in [-0.4, -0.2) is 28.5 Å². The number of carbonyl (C=O) groups excluding carboxylic acids is 2. The maximum Gasteiger partial charge on any atom is 0.268 e. The molecule has 0 bridgehead atoms. The van der Waals surface area contributed by atoms with Gasteiger partial charge >= 0.3 is 0 Å². The molecule has 2 aromatic carbocycles. The highest BCUT2D eigenvalue weighted by molar-refractivity contribution is 7.13. The SMILES string of the molecule is Cc1ccc(CNC(=O)[C@@H]2CC(=O)N(c3cccc(-c4noc(-c5cccs5)n4)c3)C2)cc1. The van der Waals surface area contributed by atoms with E-state index in [9.17, 15) is 9.59 Å². The second-order valence-corrected chi connectivity index (χ2v) is 9.01. The first-order valence-corrected chi connectivity index (χ1v) is 11.6. The molecule has 0 radical (unpaired) electrons. The predicted octanol–water partition coefficient (Wildman–Crippen LogP) is 4.44. The van der Waals surface area contributed by atoms with E-state index in [0.29, 0.717) is 30.5 Å². The molecule has 166 valence electrons. The van der Waals surface area contributed by atoms with Gasteiger partial charge < -0.3 is 14.7 Å². The Hall–Kier alpha value is -3.78. The van der Waals surface area contributed by atoms with E-state index < -0.39 is 0 Å². The number of carbonyl (C=O) groups is 2. The molecule has 8 heteroatoms. The molecule has 3 heterocycles. The van der Waals surface area contributed by atoms with Crippen molar-refractivity contribution in [2.45, 2.75) is 19.9 Å². The molecule has 1 atom stereocenters. The fourth-order valence-electron chi connectivity index (χ4n) is 3.83. The molecule has 7 nitrogen and oxygen atoms in total. The number of aryl methyl sites for hydroxylation is 1. The fourth-order valence-corrected chi connectivity index (χ4v) is 4.47. The molecule has 0 aliphatic carbocycles. The smallest absolute Gasteiger partial charge is 0.268 e. The van der Waals surface area contributed by atoms with Crippen molar-refractivity contribution < 1.29 is 14.1 Å². The van der Waals surface area contributed by atoms with Crippen molar-refractivity contribution in [3.8, 4) is 22.2 Å². The molecule has 1 fully saturated rings. The summed E-state index contributed by atoms with van der Waals surface area (Å²) < 4.78 is 5.38. The molecule has 0 spiro atoms. The van der Waals surface area contributed by atoms with Gasteiger partial charge in [0.2, 0.25) is 17.6 Å². The highest BCUT2D eigenvalue weighted by Crippen LogP contribution is 2.30. The first-order chi connectivity index (χ1) is 16.1. The van der Waals surface area contributed by atoms with Crippen LogP contribution in [0.25, 0.3) is 22.2 Å². The number of benzene rings is 2. The van der Waals surface area contributed by atoms with E-state index in [1.54, 1.807) is 4.90 Å². The number of thiophene rings is 1. The highest BCUT2D eigenvalue weighted by atomic mass is 32.1. The van der Waals surface area contributed by atoms with Crippen LogP contribution in [0.2, 0.25) is 0 Å². The molecule has 5 rings (SSSR count). The third-order valence-corrected chi connectivity index (χ3v) is 6.52. The molecule has 1 aliphatic rings. The van der Waals surface area contributed by atoms with Crippen LogP contribution >= 0.6 is 11.3 Å². The Morgan fingerprint density at radius 1 is 1.18 bits per heavy atom. The quantitative estimate of drug-likeness (QED) is 0.461. The van der Waals surface area contributed by atoms with Crippen molar-refractivity contribution >= 4 is 28.8 Å². The molecule has 1 N–H and O–H groups in total. The van der Waals surface area contributed by atoms with Gasteiger partial charge in [-0.3, -0.25) is 9.59 Å². The lowest BCUT2D eigenvalue weighted by atomic mass is 10.1. The van der Waals surface area contributed by atoms with Gasteiger partial charge in [0.25, 0.3) is 5.89 Å². The topological polar surface area (TPSA) is 88.3 Å². The molecule has 4 aromatic rings. The van der Waals surface area contributed by atoms with Crippen molar-refractivity contribution in [2.24, 2.45) is 5.92 Å². The van der Waals surface area contributed by atoms with E-state index in [0.717, 1.165) is 16.0 Å². The average molecular weight is 459 g/mol. The van der Waals surface area contributed by atoms with Crippen LogP contribution in [0, 0.1) is 12.8 Å². The summed E-state index contributed by atoms with van der Waals surface area (Å²) in [6.45, 7) is 2.82. The van der Waals surface area contributed by atoms with Gasteiger partial charge in [0.05, 0.1) is 10.8 Å². The van der Waals surface area contributed by atoms with Gasteiger partial charge in [0, 0.05) is 30.8 Å². The van der Waals surface area contributed by atoms with Crippen molar-refractivity contribution in [2.75, 3.05) is 11.4 Å².